The molecule has 2 aliphatic carbocycles. The van der Waals surface area contributed by atoms with Crippen LogP contribution in [0.4, 0.5) is 0 Å². The second kappa shape index (κ2) is 14.8. The number of hydrogen-bond donors (Lipinski definition) is 1. The third-order valence-corrected chi connectivity index (χ3v) is 8.18. The number of benzene rings is 2. The summed E-state index contributed by atoms with van der Waals surface area (Å²) in [5, 5.41) is 10.6. The van der Waals surface area contributed by atoms with Crippen molar-refractivity contribution in [2.24, 2.45) is 0 Å². The maximum atomic E-state index is 11.5. The molecule has 1 unspecified atom stereocenters. The smallest absolute Gasteiger partial charge is 0.182 e. The largest absolute Gasteiger partial charge is 0.493 e. The third kappa shape index (κ3) is 8.95. The molecule has 2 aromatic carbocycles. The lowest BCUT2D eigenvalue weighted by molar-refractivity contribution is 0.153. The van der Waals surface area contributed by atoms with Crippen LogP contribution >= 0.6 is 0 Å². The molecule has 248 valence electrons. The van der Waals surface area contributed by atoms with E-state index in [9.17, 15) is 14.7 Å². The second-order valence-corrected chi connectivity index (χ2v) is 12.2. The van der Waals surface area contributed by atoms with Crippen molar-refractivity contribution in [2.45, 2.75) is 78.2 Å². The van der Waals surface area contributed by atoms with Gasteiger partial charge in [-0.3, -0.25) is 9.59 Å². The van der Waals surface area contributed by atoms with E-state index in [0.717, 1.165) is 71.1 Å². The van der Waals surface area contributed by atoms with Crippen molar-refractivity contribution in [3.8, 4) is 23.0 Å². The molecule has 2 fully saturated rings. The molecule has 1 N–H and O–H groups in total. The highest BCUT2D eigenvalue weighted by Gasteiger charge is 2.26. The quantitative estimate of drug-likeness (QED) is 0.203. The Morgan fingerprint density at radius 3 is 1.70 bits per heavy atom. The fraction of sp³-hybridized carbons (Fsp3) is 0.368. The highest BCUT2D eigenvalue weighted by atomic mass is 16.5. The Bertz CT molecular complexity index is 1810. The lowest BCUT2D eigenvalue weighted by atomic mass is 10.1. The van der Waals surface area contributed by atoms with Gasteiger partial charge in [0.25, 0.3) is 0 Å². The molecule has 0 aliphatic heterocycles. The summed E-state index contributed by atoms with van der Waals surface area (Å²) in [6, 6.07) is 17.8. The van der Waals surface area contributed by atoms with Gasteiger partial charge < -0.3 is 33.2 Å². The van der Waals surface area contributed by atoms with E-state index in [1.807, 2.05) is 85.5 Å². The van der Waals surface area contributed by atoms with Gasteiger partial charge >= 0.3 is 0 Å². The van der Waals surface area contributed by atoms with E-state index in [4.69, 9.17) is 18.9 Å². The number of aliphatic hydroxyl groups is 1. The first-order valence-corrected chi connectivity index (χ1v) is 16.0. The summed E-state index contributed by atoms with van der Waals surface area (Å²) < 4.78 is 26.4. The predicted octanol–water partition coefficient (Wildman–Crippen LogP) is 6.39. The van der Waals surface area contributed by atoms with Gasteiger partial charge in [-0.25, -0.2) is 0 Å². The molecule has 1 atom stereocenters. The first kappa shape index (κ1) is 33.6. The average Bonchev–Trinajstić information content (AvgIpc) is 3.97. The highest BCUT2D eigenvalue weighted by Crippen LogP contribution is 2.36. The van der Waals surface area contributed by atoms with Gasteiger partial charge in [0.05, 0.1) is 39.1 Å². The zero-order valence-corrected chi connectivity index (χ0v) is 28.0. The van der Waals surface area contributed by atoms with E-state index in [1.165, 1.54) is 0 Å². The van der Waals surface area contributed by atoms with Crippen LogP contribution in [-0.4, -0.2) is 40.7 Å². The highest BCUT2D eigenvalue weighted by molar-refractivity contribution is 5.64. The van der Waals surface area contributed by atoms with Crippen molar-refractivity contribution in [3.05, 3.63) is 115 Å². The number of aromatic nitrogens is 2. The van der Waals surface area contributed by atoms with Crippen molar-refractivity contribution in [1.82, 2.24) is 9.13 Å². The Kier molecular flexibility index (Phi) is 10.6. The van der Waals surface area contributed by atoms with E-state index < -0.39 is 6.10 Å². The topological polar surface area (TPSA) is 101 Å². The van der Waals surface area contributed by atoms with Crippen LogP contribution in [0, 0.1) is 27.7 Å². The van der Waals surface area contributed by atoms with Crippen LogP contribution in [0.3, 0.4) is 0 Å². The van der Waals surface area contributed by atoms with Crippen LogP contribution in [0.15, 0.2) is 70.3 Å². The van der Waals surface area contributed by atoms with Gasteiger partial charge in [0.2, 0.25) is 0 Å². The molecule has 0 bridgehead atoms. The molecule has 0 saturated heterocycles. The van der Waals surface area contributed by atoms with Crippen LogP contribution in [0.5, 0.6) is 23.0 Å². The van der Waals surface area contributed by atoms with Gasteiger partial charge in [-0.1, -0.05) is 12.1 Å². The first-order valence-electron chi connectivity index (χ1n) is 16.0. The zero-order chi connectivity index (χ0) is 33.7. The Morgan fingerprint density at radius 1 is 0.702 bits per heavy atom. The fourth-order valence-electron chi connectivity index (χ4n) is 5.33. The number of methoxy groups -OCH3 is 2. The van der Waals surface area contributed by atoms with Crippen LogP contribution in [-0.2, 0) is 6.54 Å². The van der Waals surface area contributed by atoms with E-state index in [2.05, 4.69) is 0 Å². The Labute approximate surface area is 275 Å². The molecule has 9 nitrogen and oxygen atoms in total. The Morgan fingerprint density at radius 2 is 1.19 bits per heavy atom. The number of aliphatic hydroxyl groups excluding tert-OH is 1. The van der Waals surface area contributed by atoms with E-state index in [1.54, 1.807) is 38.5 Å². The number of pyridine rings is 2. The number of ether oxygens (including phenoxy) is 4. The Balaban J connectivity index is 0.000000185. The average molecular weight is 641 g/mol. The van der Waals surface area contributed by atoms with Gasteiger partial charge in [-0.05, 0) is 94.8 Å². The first-order chi connectivity index (χ1) is 22.5. The fourth-order valence-corrected chi connectivity index (χ4v) is 5.33. The van der Waals surface area contributed by atoms with Crippen molar-refractivity contribution >= 4 is 12.3 Å². The minimum absolute atomic E-state index is 0.0136. The summed E-state index contributed by atoms with van der Waals surface area (Å²) in [6.45, 7) is 7.98. The van der Waals surface area contributed by atoms with Crippen molar-refractivity contribution in [3.63, 3.8) is 0 Å². The summed E-state index contributed by atoms with van der Waals surface area (Å²) >= 11 is 0. The summed E-state index contributed by atoms with van der Waals surface area (Å²) in [6.07, 6.45) is 8.20. The minimum Gasteiger partial charge on any atom is -0.493 e. The van der Waals surface area contributed by atoms with E-state index in [0.29, 0.717) is 24.1 Å². The molecule has 0 spiro atoms. The van der Waals surface area contributed by atoms with Crippen LogP contribution < -0.4 is 29.8 Å². The maximum Gasteiger partial charge on any atom is 0.182 e. The van der Waals surface area contributed by atoms with Crippen molar-refractivity contribution in [1.29, 1.82) is 0 Å². The number of hydrogen-bond acceptors (Lipinski definition) is 7. The second-order valence-electron chi connectivity index (χ2n) is 12.2. The van der Waals surface area contributed by atoms with Crippen molar-refractivity contribution in [2.75, 3.05) is 14.2 Å². The molecule has 2 aliphatic rings. The molecule has 0 amide bonds. The van der Waals surface area contributed by atoms with Gasteiger partial charge in [0, 0.05) is 53.2 Å². The van der Waals surface area contributed by atoms with Crippen LogP contribution in [0.2, 0.25) is 0 Å². The van der Waals surface area contributed by atoms with Gasteiger partial charge in [0.15, 0.2) is 33.9 Å². The molecule has 4 aromatic rings. The van der Waals surface area contributed by atoms with E-state index >= 15 is 0 Å². The summed E-state index contributed by atoms with van der Waals surface area (Å²) in [4.78, 5) is 23.0. The lowest BCUT2D eigenvalue weighted by Gasteiger charge is -2.20. The van der Waals surface area contributed by atoms with E-state index in [-0.39, 0.29) is 17.0 Å². The number of rotatable bonds is 11. The summed E-state index contributed by atoms with van der Waals surface area (Å²) in [5.41, 5.74) is 5.31. The molecule has 9 heteroatoms. The SMILES string of the molecule is COc1ccc(/C=C/n2c(C)cc(=O)cc2C)cc1OC1CC1.COc1ccc(C(O)Cn2c(C)cc(=O)cc2C)cc1OC1CC1. The van der Waals surface area contributed by atoms with Crippen LogP contribution in [0.1, 0.15) is 65.7 Å². The molecule has 6 rings (SSSR count). The van der Waals surface area contributed by atoms with Gasteiger partial charge in [0.1, 0.15) is 0 Å². The molecule has 2 saturated carbocycles. The standard InChI is InChI=1S/C19H23NO4.C19H21NO3/c1-12-8-15(21)9-13(2)20(12)11-17(22)14-4-7-18(23-3)19(10-14)24-16-5-6-16;1-13-10-16(21)11-14(2)20(13)9-8-15-4-7-18(22-3)19(12-15)23-17-5-6-17/h4,7-10,16-17,22H,5-6,11H2,1-3H3;4,7-12,17H,5-6H2,1-3H3/b;9-8+. The predicted molar refractivity (Wildman–Crippen MR) is 184 cm³/mol. The Hall–Kier alpha value is -4.76. The normalized spacial score (nSPS) is 14.7. The molecule has 2 heterocycles. The minimum atomic E-state index is -0.697. The maximum absolute atomic E-state index is 11.5. The molecular formula is C38H44N2O7. The van der Waals surface area contributed by atoms with Crippen molar-refractivity contribution < 1.29 is 24.1 Å². The molecular weight excluding hydrogens is 596 g/mol. The molecule has 2 aromatic heterocycles. The third-order valence-electron chi connectivity index (χ3n) is 8.18. The summed E-state index contributed by atoms with van der Waals surface area (Å²) in [5.74, 6) is 2.88. The lowest BCUT2D eigenvalue weighted by Crippen LogP contribution is -2.17. The molecule has 47 heavy (non-hydrogen) atoms. The molecule has 0 radical (unpaired) electrons. The monoisotopic (exact) mass is 640 g/mol. The van der Waals surface area contributed by atoms with Gasteiger partial charge in [-0.2, -0.15) is 0 Å². The number of aryl methyl sites for hydroxylation is 4. The number of nitrogens with zero attached hydrogens (tertiary/aromatic N) is 2. The van der Waals surface area contributed by atoms with Crippen LogP contribution in [0.25, 0.3) is 12.3 Å². The summed E-state index contributed by atoms with van der Waals surface area (Å²) in [7, 11) is 3.26. The van der Waals surface area contributed by atoms with Gasteiger partial charge in [-0.15, -0.1) is 0 Å². The zero-order valence-electron chi connectivity index (χ0n) is 28.0.